The molecule has 0 amide bonds. The van der Waals surface area contributed by atoms with Crippen molar-refractivity contribution in [1.82, 2.24) is 30.0 Å². The molecule has 39 heavy (non-hydrogen) atoms. The minimum atomic E-state index is 0.305. The number of piperidine rings is 2. The molecule has 3 N–H and O–H groups in total. The first-order chi connectivity index (χ1) is 19.3. The number of nitrogens with two attached hydrogens (primary N) is 1. The second-order valence-corrected chi connectivity index (χ2v) is 9.44. The maximum Gasteiger partial charge on any atom is 0.164 e. The number of benzene rings is 2. The van der Waals surface area contributed by atoms with Crippen molar-refractivity contribution < 1.29 is 4.74 Å². The van der Waals surface area contributed by atoms with E-state index in [9.17, 15) is 0 Å². The van der Waals surface area contributed by atoms with Crippen LogP contribution in [0.4, 0.5) is 5.82 Å². The summed E-state index contributed by atoms with van der Waals surface area (Å²) < 4.78 is 8.05. The molecule has 0 radical (unpaired) electrons. The topological polar surface area (TPSA) is 94.1 Å². The van der Waals surface area contributed by atoms with E-state index < -0.39 is 0 Å². The maximum atomic E-state index is 6.35. The van der Waals surface area contributed by atoms with Crippen LogP contribution in [0.2, 0.25) is 0 Å². The van der Waals surface area contributed by atoms with Gasteiger partial charge in [0.05, 0.1) is 11.4 Å². The summed E-state index contributed by atoms with van der Waals surface area (Å²) in [6.07, 6.45) is 6.16. The Labute approximate surface area is 232 Å². The highest BCUT2D eigenvalue weighted by Gasteiger charge is 2.29. The molecule has 2 fully saturated rings. The van der Waals surface area contributed by atoms with Crippen LogP contribution in [-0.2, 0) is 0 Å². The third-order valence-electron chi connectivity index (χ3n) is 7.29. The Balaban J connectivity index is 0.000000845. The molecule has 0 bridgehead atoms. The molecule has 2 aliphatic rings. The summed E-state index contributed by atoms with van der Waals surface area (Å²) in [6.45, 7) is 12.4. The summed E-state index contributed by atoms with van der Waals surface area (Å²) >= 11 is 0. The summed E-state index contributed by atoms with van der Waals surface area (Å²) in [6, 6.07) is 18.8. The Bertz CT molecular complexity index is 1280. The first-order valence-electron chi connectivity index (χ1n) is 14.5. The summed E-state index contributed by atoms with van der Waals surface area (Å²) in [4.78, 5) is 11.5. The third-order valence-corrected chi connectivity index (χ3v) is 7.29. The average molecular weight is 530 g/mol. The van der Waals surface area contributed by atoms with E-state index in [4.69, 9.17) is 15.6 Å². The van der Waals surface area contributed by atoms with Gasteiger partial charge in [-0.05, 0) is 75.2 Å². The fourth-order valence-corrected chi connectivity index (χ4v) is 5.42. The number of ether oxygens (including phenoxy) is 1. The van der Waals surface area contributed by atoms with Crippen LogP contribution in [-0.4, -0.2) is 56.9 Å². The molecular formula is C31H43N7O. The van der Waals surface area contributed by atoms with Crippen molar-refractivity contribution in [2.24, 2.45) is 0 Å². The van der Waals surface area contributed by atoms with E-state index in [0.29, 0.717) is 17.9 Å². The van der Waals surface area contributed by atoms with Crippen molar-refractivity contribution in [2.45, 2.75) is 65.5 Å². The summed E-state index contributed by atoms with van der Waals surface area (Å²) in [7, 11) is 0. The van der Waals surface area contributed by atoms with Crippen molar-refractivity contribution in [3.05, 3.63) is 60.9 Å². The quantitative estimate of drug-likeness (QED) is 0.313. The molecule has 2 aliphatic heterocycles. The zero-order chi connectivity index (χ0) is 27.6. The number of rotatable bonds is 5. The first kappa shape index (κ1) is 28.5. The Kier molecular flexibility index (Phi) is 10.3. The molecule has 4 aromatic rings. The van der Waals surface area contributed by atoms with Gasteiger partial charge in [0, 0.05) is 24.7 Å². The Hall–Kier alpha value is -3.49. The normalized spacial score (nSPS) is 16.6. The predicted molar refractivity (Wildman–Crippen MR) is 160 cm³/mol. The number of para-hydroxylation sites is 1. The highest BCUT2D eigenvalue weighted by atomic mass is 16.5. The molecule has 8 heteroatoms. The van der Waals surface area contributed by atoms with Crippen LogP contribution in [0.5, 0.6) is 11.5 Å². The van der Waals surface area contributed by atoms with Gasteiger partial charge in [0.2, 0.25) is 0 Å². The van der Waals surface area contributed by atoms with E-state index in [1.54, 1.807) is 6.33 Å². The number of hydrogen-bond acceptors (Lipinski definition) is 7. The third kappa shape index (κ3) is 6.57. The number of likely N-dealkylation sites (tertiary alicyclic amines) is 1. The first-order valence-corrected chi connectivity index (χ1v) is 14.5. The number of nitrogens with one attached hydrogen (secondary N) is 1. The summed E-state index contributed by atoms with van der Waals surface area (Å²) in [5.74, 6) is 2.05. The minimum Gasteiger partial charge on any atom is -0.457 e. The van der Waals surface area contributed by atoms with Crippen molar-refractivity contribution in [3.63, 3.8) is 0 Å². The van der Waals surface area contributed by atoms with Crippen LogP contribution in [0.15, 0.2) is 60.9 Å². The summed E-state index contributed by atoms with van der Waals surface area (Å²) in [5.41, 5.74) is 8.96. The van der Waals surface area contributed by atoms with Crippen LogP contribution >= 0.6 is 0 Å². The van der Waals surface area contributed by atoms with Gasteiger partial charge in [-0.1, -0.05) is 45.9 Å². The number of anilines is 1. The molecule has 4 heterocycles. The molecule has 0 saturated carbocycles. The fourth-order valence-electron chi connectivity index (χ4n) is 5.42. The second kappa shape index (κ2) is 14.1. The van der Waals surface area contributed by atoms with Crippen LogP contribution in [0.25, 0.3) is 22.3 Å². The van der Waals surface area contributed by atoms with Gasteiger partial charge in [0.1, 0.15) is 29.3 Å². The van der Waals surface area contributed by atoms with E-state index in [1.165, 1.54) is 12.8 Å². The van der Waals surface area contributed by atoms with E-state index >= 15 is 0 Å². The zero-order valence-corrected chi connectivity index (χ0v) is 23.8. The molecule has 0 atom stereocenters. The highest BCUT2D eigenvalue weighted by molar-refractivity contribution is 5.98. The number of hydrogen-bond donors (Lipinski definition) is 2. The van der Waals surface area contributed by atoms with Crippen molar-refractivity contribution in [1.29, 1.82) is 0 Å². The number of aromatic nitrogens is 4. The van der Waals surface area contributed by atoms with Gasteiger partial charge in [-0.3, -0.25) is 0 Å². The van der Waals surface area contributed by atoms with Gasteiger partial charge in [0.15, 0.2) is 5.65 Å². The lowest BCUT2D eigenvalue weighted by Gasteiger charge is -2.39. The molecule has 8 nitrogen and oxygen atoms in total. The van der Waals surface area contributed by atoms with Gasteiger partial charge >= 0.3 is 0 Å². The molecule has 0 unspecified atom stereocenters. The van der Waals surface area contributed by atoms with E-state index in [0.717, 1.165) is 72.8 Å². The Morgan fingerprint density at radius 2 is 1.44 bits per heavy atom. The van der Waals surface area contributed by atoms with Crippen molar-refractivity contribution in [3.8, 4) is 22.8 Å². The molecule has 2 aromatic carbocycles. The van der Waals surface area contributed by atoms with E-state index in [-0.39, 0.29) is 0 Å². The molecule has 0 aliphatic carbocycles. The second-order valence-electron chi connectivity index (χ2n) is 9.44. The SMILES string of the molecule is CC.CC.Nc1ncnc2c1c(-c1ccc(Oc3ccccc3)cc1)nn2C1CCN(C2CCNCC2)CC1. The zero-order valence-electron chi connectivity index (χ0n) is 23.8. The van der Waals surface area contributed by atoms with Gasteiger partial charge in [-0.2, -0.15) is 5.10 Å². The lowest BCUT2D eigenvalue weighted by Crippen LogP contribution is -2.46. The van der Waals surface area contributed by atoms with Crippen LogP contribution in [0.3, 0.4) is 0 Å². The number of nitrogen functional groups attached to an aromatic ring is 1. The fraction of sp³-hybridized carbons (Fsp3) is 0.452. The molecule has 2 saturated heterocycles. The van der Waals surface area contributed by atoms with Crippen molar-refractivity contribution in [2.75, 3.05) is 31.9 Å². The van der Waals surface area contributed by atoms with Crippen molar-refractivity contribution >= 4 is 16.9 Å². The maximum absolute atomic E-state index is 6.35. The molecule has 0 spiro atoms. The standard InChI is InChI=1S/C27H31N7O.2C2H6/c28-26-24-25(19-6-8-23(9-7-19)35-22-4-2-1-3-5-22)32-34(27(24)31-18-30-26)21-12-16-33(17-13-21)20-10-14-29-15-11-20;2*1-2/h1-9,18,20-21,29H,10-17H2,(H2,28,30,31);2*1-2H3. The minimum absolute atomic E-state index is 0.305. The Morgan fingerprint density at radius 3 is 2.10 bits per heavy atom. The van der Waals surface area contributed by atoms with Gasteiger partial charge in [0.25, 0.3) is 0 Å². The van der Waals surface area contributed by atoms with Gasteiger partial charge in [-0.15, -0.1) is 0 Å². The molecular weight excluding hydrogens is 486 g/mol. The van der Waals surface area contributed by atoms with E-state index in [2.05, 4.69) is 24.9 Å². The van der Waals surface area contributed by atoms with Crippen LogP contribution < -0.4 is 15.8 Å². The smallest absolute Gasteiger partial charge is 0.164 e. The monoisotopic (exact) mass is 529 g/mol. The number of fused-ring (bicyclic) bond motifs is 1. The summed E-state index contributed by atoms with van der Waals surface area (Å²) in [5, 5.41) is 9.36. The average Bonchev–Trinajstić information content (AvgIpc) is 3.42. The van der Waals surface area contributed by atoms with Crippen LogP contribution in [0, 0.1) is 0 Å². The largest absolute Gasteiger partial charge is 0.457 e. The van der Waals surface area contributed by atoms with Gasteiger partial charge in [-0.25, -0.2) is 14.6 Å². The van der Waals surface area contributed by atoms with Gasteiger partial charge < -0.3 is 20.7 Å². The van der Waals surface area contributed by atoms with Crippen LogP contribution in [0.1, 0.15) is 59.4 Å². The number of nitrogens with zero attached hydrogens (tertiary/aromatic N) is 5. The predicted octanol–water partition coefficient (Wildman–Crippen LogP) is 6.31. The van der Waals surface area contributed by atoms with E-state index in [1.807, 2.05) is 82.3 Å². The molecule has 208 valence electrons. The lowest BCUT2D eigenvalue weighted by atomic mass is 9.99. The lowest BCUT2D eigenvalue weighted by molar-refractivity contribution is 0.111. The Morgan fingerprint density at radius 1 is 0.795 bits per heavy atom. The molecule has 2 aromatic heterocycles. The highest BCUT2D eigenvalue weighted by Crippen LogP contribution is 2.35. The molecule has 6 rings (SSSR count).